The number of pyridine rings is 1. The molecule has 0 fully saturated rings. The Labute approximate surface area is 97.1 Å². The second-order valence-corrected chi connectivity index (χ2v) is 4.57. The molecule has 1 atom stereocenters. The Kier molecular flexibility index (Phi) is 4.40. The van der Waals surface area contributed by atoms with E-state index in [1.165, 1.54) is 5.56 Å². The first kappa shape index (κ1) is 12.3. The van der Waals surface area contributed by atoms with Gasteiger partial charge >= 0.3 is 0 Å². The Hall–Kier alpha value is -0.760. The van der Waals surface area contributed by atoms with Crippen molar-refractivity contribution in [2.75, 3.05) is 11.2 Å². The van der Waals surface area contributed by atoms with Crippen molar-refractivity contribution in [3.63, 3.8) is 0 Å². The Morgan fingerprint density at radius 3 is 2.80 bits per heavy atom. The topological polar surface area (TPSA) is 24.9 Å². The molecule has 1 aromatic heterocycles. The fourth-order valence-electron chi connectivity index (χ4n) is 1.45. The third-order valence-electron chi connectivity index (χ3n) is 2.77. The molecule has 0 saturated heterocycles. The largest absolute Gasteiger partial charge is 0.365 e. The molecule has 0 spiro atoms. The van der Waals surface area contributed by atoms with Crippen molar-refractivity contribution >= 4 is 17.4 Å². The predicted octanol–water partition coefficient (Wildman–Crippen LogP) is 3.60. The molecule has 1 rings (SSSR count). The lowest BCUT2D eigenvalue weighted by molar-refractivity contribution is 0.479. The summed E-state index contributed by atoms with van der Waals surface area (Å²) in [4.78, 5) is 4.30. The van der Waals surface area contributed by atoms with E-state index in [9.17, 15) is 0 Å². The summed E-state index contributed by atoms with van der Waals surface area (Å²) in [5.41, 5.74) is 1.26. The van der Waals surface area contributed by atoms with Crippen molar-refractivity contribution in [2.45, 2.75) is 39.2 Å². The molecule has 1 heterocycles. The number of nitrogens with one attached hydrogen (secondary N) is 1. The van der Waals surface area contributed by atoms with Crippen molar-refractivity contribution < 1.29 is 0 Å². The number of aromatic nitrogens is 1. The molecule has 0 aliphatic heterocycles. The lowest BCUT2D eigenvalue weighted by Crippen LogP contribution is -2.34. The molecule has 0 aromatic carbocycles. The summed E-state index contributed by atoms with van der Waals surface area (Å²) in [5.74, 6) is 1.60. The average Bonchev–Trinajstić information content (AvgIpc) is 2.18. The zero-order chi connectivity index (χ0) is 11.3. The lowest BCUT2D eigenvalue weighted by atomic mass is 9.95. The molecule has 84 valence electrons. The molecular formula is C12H19ClN2. The summed E-state index contributed by atoms with van der Waals surface area (Å²) in [7, 11) is 0. The maximum atomic E-state index is 5.80. The van der Waals surface area contributed by atoms with Gasteiger partial charge in [0.2, 0.25) is 0 Å². The van der Waals surface area contributed by atoms with Gasteiger partial charge in [-0.05, 0) is 44.4 Å². The van der Waals surface area contributed by atoms with E-state index in [-0.39, 0.29) is 5.54 Å². The number of anilines is 1. The highest BCUT2D eigenvalue weighted by molar-refractivity contribution is 6.17. The molecule has 0 saturated carbocycles. The minimum Gasteiger partial charge on any atom is -0.365 e. The number of aryl methyl sites for hydroxylation is 1. The van der Waals surface area contributed by atoms with Gasteiger partial charge in [-0.3, -0.25) is 0 Å². The van der Waals surface area contributed by atoms with Crippen molar-refractivity contribution in [1.82, 2.24) is 4.98 Å². The van der Waals surface area contributed by atoms with Crippen LogP contribution >= 0.6 is 11.6 Å². The lowest BCUT2D eigenvalue weighted by Gasteiger charge is -2.29. The van der Waals surface area contributed by atoms with Gasteiger partial charge in [0.15, 0.2) is 0 Å². The van der Waals surface area contributed by atoms with Crippen molar-refractivity contribution in [3.8, 4) is 0 Å². The number of rotatable bonds is 5. The smallest absolute Gasteiger partial charge is 0.126 e. The van der Waals surface area contributed by atoms with Crippen LogP contribution in [0.3, 0.4) is 0 Å². The van der Waals surface area contributed by atoms with E-state index in [2.05, 4.69) is 37.1 Å². The minimum atomic E-state index is 0.0442. The zero-order valence-electron chi connectivity index (χ0n) is 9.68. The van der Waals surface area contributed by atoms with Crippen molar-refractivity contribution in [1.29, 1.82) is 0 Å². The molecule has 0 bridgehead atoms. The molecule has 0 radical (unpaired) electrons. The highest BCUT2D eigenvalue weighted by Gasteiger charge is 2.21. The first-order chi connectivity index (χ1) is 7.09. The van der Waals surface area contributed by atoms with Crippen molar-refractivity contribution in [2.24, 2.45) is 0 Å². The first-order valence-corrected chi connectivity index (χ1v) is 5.90. The van der Waals surface area contributed by atoms with E-state index in [0.29, 0.717) is 5.88 Å². The van der Waals surface area contributed by atoms with Gasteiger partial charge in [-0.25, -0.2) is 4.98 Å². The monoisotopic (exact) mass is 226 g/mol. The molecule has 1 N–H and O–H groups in total. The van der Waals surface area contributed by atoms with Crippen LogP contribution in [0.15, 0.2) is 18.3 Å². The Balaban J connectivity index is 2.74. The van der Waals surface area contributed by atoms with E-state index in [1.807, 2.05) is 12.3 Å². The molecule has 2 nitrogen and oxygen atoms in total. The van der Waals surface area contributed by atoms with E-state index < -0.39 is 0 Å². The second kappa shape index (κ2) is 5.36. The molecule has 3 heteroatoms. The fourth-order valence-corrected chi connectivity index (χ4v) is 1.87. The fraction of sp³-hybridized carbons (Fsp3) is 0.583. The molecule has 15 heavy (non-hydrogen) atoms. The van der Waals surface area contributed by atoms with E-state index in [1.54, 1.807) is 0 Å². The normalized spacial score (nSPS) is 14.7. The quantitative estimate of drug-likeness (QED) is 0.777. The van der Waals surface area contributed by atoms with Gasteiger partial charge in [0.25, 0.3) is 0 Å². The van der Waals surface area contributed by atoms with Crippen LogP contribution < -0.4 is 5.32 Å². The van der Waals surface area contributed by atoms with Crippen LogP contribution in [0.4, 0.5) is 5.82 Å². The van der Waals surface area contributed by atoms with Gasteiger partial charge in [-0.15, -0.1) is 11.6 Å². The van der Waals surface area contributed by atoms with Crippen LogP contribution in [-0.4, -0.2) is 16.4 Å². The predicted molar refractivity (Wildman–Crippen MR) is 66.6 cm³/mol. The summed E-state index contributed by atoms with van der Waals surface area (Å²) in [5, 5.41) is 3.45. The third kappa shape index (κ3) is 3.71. The summed E-state index contributed by atoms with van der Waals surface area (Å²) in [6.07, 6.45) is 3.81. The van der Waals surface area contributed by atoms with Crippen molar-refractivity contribution in [3.05, 3.63) is 23.9 Å². The summed E-state index contributed by atoms with van der Waals surface area (Å²) < 4.78 is 0. The van der Waals surface area contributed by atoms with Crippen LogP contribution in [0.2, 0.25) is 0 Å². The Morgan fingerprint density at radius 2 is 2.27 bits per heavy atom. The van der Waals surface area contributed by atoms with Gasteiger partial charge < -0.3 is 5.32 Å². The van der Waals surface area contributed by atoms with Gasteiger partial charge in [0, 0.05) is 17.6 Å². The van der Waals surface area contributed by atoms with Crippen LogP contribution in [0.5, 0.6) is 0 Å². The number of halogens is 1. The first-order valence-electron chi connectivity index (χ1n) is 5.36. The molecule has 1 aromatic rings. The Bertz CT molecular complexity index is 314. The molecule has 1 unspecified atom stereocenters. The number of alkyl halides is 1. The average molecular weight is 227 g/mol. The van der Waals surface area contributed by atoms with Crippen LogP contribution in [0.25, 0.3) is 0 Å². The summed E-state index contributed by atoms with van der Waals surface area (Å²) in [6.45, 7) is 6.41. The van der Waals surface area contributed by atoms with E-state index in [0.717, 1.165) is 18.7 Å². The summed E-state index contributed by atoms with van der Waals surface area (Å²) in [6, 6.07) is 4.05. The van der Waals surface area contributed by atoms with Crippen LogP contribution in [0.1, 0.15) is 32.3 Å². The highest BCUT2D eigenvalue weighted by Crippen LogP contribution is 2.21. The SMILES string of the molecule is CCC(C)(CCCl)Nc1cc(C)ccn1. The van der Waals surface area contributed by atoms with Crippen LogP contribution in [-0.2, 0) is 0 Å². The maximum absolute atomic E-state index is 5.80. The third-order valence-corrected chi connectivity index (χ3v) is 2.96. The van der Waals surface area contributed by atoms with Gasteiger partial charge in [0.05, 0.1) is 0 Å². The molecule has 0 amide bonds. The number of hydrogen-bond acceptors (Lipinski definition) is 2. The second-order valence-electron chi connectivity index (χ2n) is 4.20. The van der Waals surface area contributed by atoms with E-state index >= 15 is 0 Å². The molecule has 0 aliphatic carbocycles. The molecule has 0 aliphatic rings. The zero-order valence-corrected chi connectivity index (χ0v) is 10.4. The Morgan fingerprint density at radius 1 is 1.53 bits per heavy atom. The summed E-state index contributed by atoms with van der Waals surface area (Å²) >= 11 is 5.80. The van der Waals surface area contributed by atoms with Crippen LogP contribution in [0, 0.1) is 6.92 Å². The van der Waals surface area contributed by atoms with E-state index in [4.69, 9.17) is 11.6 Å². The highest BCUT2D eigenvalue weighted by atomic mass is 35.5. The van der Waals surface area contributed by atoms with Gasteiger partial charge in [-0.1, -0.05) is 6.92 Å². The number of hydrogen-bond donors (Lipinski definition) is 1. The van der Waals surface area contributed by atoms with Gasteiger partial charge in [0.1, 0.15) is 5.82 Å². The van der Waals surface area contributed by atoms with Gasteiger partial charge in [-0.2, -0.15) is 0 Å². The number of nitrogens with zero attached hydrogens (tertiary/aromatic N) is 1. The standard InChI is InChI=1S/C12H19ClN2/c1-4-12(3,6-7-13)15-11-9-10(2)5-8-14-11/h5,8-9H,4,6-7H2,1-3H3,(H,14,15). The molecular weight excluding hydrogens is 208 g/mol. The minimum absolute atomic E-state index is 0.0442. The maximum Gasteiger partial charge on any atom is 0.126 e.